The van der Waals surface area contributed by atoms with Gasteiger partial charge >= 0.3 is 0 Å². The van der Waals surface area contributed by atoms with Crippen molar-refractivity contribution in [2.75, 3.05) is 0 Å². The Morgan fingerprint density at radius 2 is 2.10 bits per heavy atom. The van der Waals surface area contributed by atoms with Gasteiger partial charge in [0.2, 0.25) is 10.0 Å². The van der Waals surface area contributed by atoms with Gasteiger partial charge in [-0.05, 0) is 49.9 Å². The number of fused-ring (bicyclic) bond motifs is 3. The Balaban J connectivity index is 1.40. The Labute approximate surface area is 172 Å². The summed E-state index contributed by atoms with van der Waals surface area (Å²) in [6.07, 6.45) is 5.75. The number of benzene rings is 1. The second-order valence-corrected chi connectivity index (χ2v) is 9.58. The normalized spacial score (nSPS) is 20.1. The van der Waals surface area contributed by atoms with Gasteiger partial charge in [-0.2, -0.15) is 0 Å². The Morgan fingerprint density at radius 1 is 1.24 bits per heavy atom. The number of nitrogens with one attached hydrogen (secondary N) is 2. The molecule has 0 amide bonds. The first-order chi connectivity index (χ1) is 13.9. The molecule has 5 rings (SSSR count). The zero-order chi connectivity index (χ0) is 20.2. The van der Waals surface area contributed by atoms with Gasteiger partial charge in [0, 0.05) is 23.2 Å². The van der Waals surface area contributed by atoms with Crippen LogP contribution < -0.4 is 4.72 Å². The van der Waals surface area contributed by atoms with Gasteiger partial charge in [0.25, 0.3) is 0 Å². The number of sulfonamides is 1. The molecular weight excluding hydrogens is 412 g/mol. The standard InChI is InChI=1S/C19H19ClN6O2S/c1-11-2-5-14(9-15(11)20)29(27,28)25-13-4-3-12(8-13)19-24-23-17-10-22-18-16(26(17)19)6-7-21-18/h2,5-7,9-10,12-13,21,25H,3-4,8H2,1H3/t12-,13+/m1/s1. The summed E-state index contributed by atoms with van der Waals surface area (Å²) in [5.74, 6) is 0.951. The van der Waals surface area contributed by atoms with E-state index in [1.807, 2.05) is 23.6 Å². The minimum absolute atomic E-state index is 0.111. The minimum Gasteiger partial charge on any atom is -0.345 e. The molecular formula is C19H19ClN6O2S. The molecule has 1 aromatic carbocycles. The molecule has 0 spiro atoms. The molecule has 0 bridgehead atoms. The first-order valence-electron chi connectivity index (χ1n) is 9.38. The van der Waals surface area contributed by atoms with Gasteiger partial charge in [0.1, 0.15) is 5.82 Å². The van der Waals surface area contributed by atoms with Gasteiger partial charge in [-0.1, -0.05) is 17.7 Å². The van der Waals surface area contributed by atoms with Crippen molar-refractivity contribution in [3.8, 4) is 0 Å². The van der Waals surface area contributed by atoms with Crippen LogP contribution in [0, 0.1) is 6.92 Å². The maximum Gasteiger partial charge on any atom is 0.240 e. The Kier molecular flexibility index (Phi) is 4.34. The van der Waals surface area contributed by atoms with Gasteiger partial charge in [-0.15, -0.1) is 10.2 Å². The van der Waals surface area contributed by atoms with Gasteiger partial charge in [-0.25, -0.2) is 18.1 Å². The molecule has 1 aliphatic carbocycles. The van der Waals surface area contributed by atoms with Crippen LogP contribution in [0.4, 0.5) is 0 Å². The second-order valence-electron chi connectivity index (χ2n) is 7.46. The molecule has 0 unspecified atom stereocenters. The van der Waals surface area contributed by atoms with Gasteiger partial charge in [-0.3, -0.25) is 4.40 Å². The molecule has 1 aliphatic rings. The largest absolute Gasteiger partial charge is 0.345 e. The fraction of sp³-hybridized carbons (Fsp3) is 0.316. The van der Waals surface area contributed by atoms with E-state index in [9.17, 15) is 8.42 Å². The summed E-state index contributed by atoms with van der Waals surface area (Å²) in [7, 11) is -3.64. The average Bonchev–Trinajstić information content (AvgIpc) is 3.40. The van der Waals surface area contributed by atoms with Gasteiger partial charge in [0.05, 0.1) is 16.6 Å². The highest BCUT2D eigenvalue weighted by molar-refractivity contribution is 7.89. The molecule has 2 atom stereocenters. The molecule has 0 radical (unpaired) electrons. The maximum atomic E-state index is 12.8. The van der Waals surface area contributed by atoms with Gasteiger partial charge in [0.15, 0.2) is 11.3 Å². The van der Waals surface area contributed by atoms with Crippen molar-refractivity contribution in [1.29, 1.82) is 0 Å². The molecule has 2 N–H and O–H groups in total. The zero-order valence-corrected chi connectivity index (χ0v) is 17.2. The molecule has 3 heterocycles. The fourth-order valence-corrected chi connectivity index (χ4v) is 5.57. The maximum absolute atomic E-state index is 12.8. The van der Waals surface area contributed by atoms with Crippen LogP contribution in [0.1, 0.15) is 36.6 Å². The smallest absolute Gasteiger partial charge is 0.240 e. The SMILES string of the molecule is Cc1ccc(S(=O)(=O)N[C@H]2CC[C@@H](c3nnc4cnc5[nH]ccc5n34)C2)cc1Cl. The van der Waals surface area contributed by atoms with Crippen molar-refractivity contribution in [1.82, 2.24) is 29.3 Å². The lowest BCUT2D eigenvalue weighted by atomic mass is 10.1. The van der Waals surface area contributed by atoms with Crippen molar-refractivity contribution in [3.05, 3.63) is 53.1 Å². The summed E-state index contributed by atoms with van der Waals surface area (Å²) in [5, 5.41) is 9.06. The molecule has 1 saturated carbocycles. The van der Waals surface area contributed by atoms with E-state index in [2.05, 4.69) is 24.9 Å². The Hall–Kier alpha value is -2.49. The molecule has 1 fully saturated rings. The lowest BCUT2D eigenvalue weighted by molar-refractivity contribution is 0.546. The third-order valence-corrected chi connectivity index (χ3v) is 7.47. The monoisotopic (exact) mass is 430 g/mol. The lowest BCUT2D eigenvalue weighted by Gasteiger charge is -2.14. The number of hydrogen-bond donors (Lipinski definition) is 2. The number of aromatic nitrogens is 5. The molecule has 3 aromatic heterocycles. The van der Waals surface area contributed by atoms with Crippen LogP contribution in [0.25, 0.3) is 16.8 Å². The van der Waals surface area contributed by atoms with E-state index in [1.54, 1.807) is 18.3 Å². The van der Waals surface area contributed by atoms with Crippen LogP contribution in [0.2, 0.25) is 5.02 Å². The first-order valence-corrected chi connectivity index (χ1v) is 11.2. The number of aryl methyl sites for hydroxylation is 1. The van der Waals surface area contributed by atoms with Crippen LogP contribution in [0.5, 0.6) is 0 Å². The van der Waals surface area contributed by atoms with E-state index in [1.165, 1.54) is 6.07 Å². The highest BCUT2D eigenvalue weighted by Gasteiger charge is 2.32. The van der Waals surface area contributed by atoms with Crippen molar-refractivity contribution in [2.24, 2.45) is 0 Å². The van der Waals surface area contributed by atoms with Crippen molar-refractivity contribution in [3.63, 3.8) is 0 Å². The van der Waals surface area contributed by atoms with E-state index < -0.39 is 10.0 Å². The predicted octanol–water partition coefficient (Wildman–Crippen LogP) is 3.18. The van der Waals surface area contributed by atoms with Crippen molar-refractivity contribution < 1.29 is 8.42 Å². The van der Waals surface area contributed by atoms with E-state index in [4.69, 9.17) is 11.6 Å². The number of H-pyrrole nitrogens is 1. The van der Waals surface area contributed by atoms with E-state index in [0.29, 0.717) is 17.1 Å². The molecule has 0 saturated heterocycles. The molecule has 150 valence electrons. The lowest BCUT2D eigenvalue weighted by Crippen LogP contribution is -2.33. The average molecular weight is 431 g/mol. The Bertz CT molecular complexity index is 1330. The number of rotatable bonds is 4. The van der Waals surface area contributed by atoms with E-state index in [-0.39, 0.29) is 16.9 Å². The summed E-state index contributed by atoms with van der Waals surface area (Å²) in [6.45, 7) is 1.84. The second kappa shape index (κ2) is 6.79. The highest BCUT2D eigenvalue weighted by atomic mass is 35.5. The molecule has 4 aromatic rings. The summed E-state index contributed by atoms with van der Waals surface area (Å²) in [4.78, 5) is 7.62. The minimum atomic E-state index is -3.64. The van der Waals surface area contributed by atoms with E-state index >= 15 is 0 Å². The van der Waals surface area contributed by atoms with Crippen molar-refractivity contribution in [2.45, 2.75) is 43.0 Å². The molecule has 10 heteroatoms. The summed E-state index contributed by atoms with van der Waals surface area (Å²) in [6, 6.07) is 6.57. The zero-order valence-electron chi connectivity index (χ0n) is 15.6. The van der Waals surface area contributed by atoms with Crippen LogP contribution in [0.15, 0.2) is 41.6 Å². The molecule has 8 nitrogen and oxygen atoms in total. The quantitative estimate of drug-likeness (QED) is 0.517. The van der Waals surface area contributed by atoms with Crippen LogP contribution in [-0.4, -0.2) is 39.0 Å². The third kappa shape index (κ3) is 3.19. The first kappa shape index (κ1) is 18.5. The van der Waals surface area contributed by atoms with Crippen LogP contribution in [0.3, 0.4) is 0 Å². The topological polar surface area (TPSA) is 105 Å². The predicted molar refractivity (Wildman–Crippen MR) is 110 cm³/mol. The van der Waals surface area contributed by atoms with Crippen molar-refractivity contribution >= 4 is 38.4 Å². The number of halogens is 1. The highest BCUT2D eigenvalue weighted by Crippen LogP contribution is 2.35. The van der Waals surface area contributed by atoms with Crippen LogP contribution >= 0.6 is 11.6 Å². The summed E-state index contributed by atoms with van der Waals surface area (Å²) >= 11 is 6.10. The number of aromatic amines is 1. The van der Waals surface area contributed by atoms with Gasteiger partial charge < -0.3 is 4.98 Å². The third-order valence-electron chi connectivity index (χ3n) is 5.54. The summed E-state index contributed by atoms with van der Waals surface area (Å²) in [5.41, 5.74) is 3.21. The number of nitrogens with zero attached hydrogens (tertiary/aromatic N) is 4. The number of hydrogen-bond acceptors (Lipinski definition) is 5. The van der Waals surface area contributed by atoms with E-state index in [0.717, 1.165) is 35.4 Å². The Morgan fingerprint density at radius 3 is 2.93 bits per heavy atom. The fourth-order valence-electron chi connectivity index (χ4n) is 4.01. The summed E-state index contributed by atoms with van der Waals surface area (Å²) < 4.78 is 30.4. The molecule has 29 heavy (non-hydrogen) atoms. The molecule has 0 aliphatic heterocycles. The van der Waals surface area contributed by atoms with Crippen LogP contribution in [-0.2, 0) is 10.0 Å².